The minimum atomic E-state index is -1.41. The van der Waals surface area contributed by atoms with Crippen molar-refractivity contribution in [2.24, 2.45) is 0 Å². The van der Waals surface area contributed by atoms with E-state index in [2.05, 4.69) is 6.92 Å². The summed E-state index contributed by atoms with van der Waals surface area (Å²) in [6.45, 7) is 2.08. The van der Waals surface area contributed by atoms with Gasteiger partial charge >= 0.3 is 5.97 Å². The lowest BCUT2D eigenvalue weighted by atomic mass is 9.99. The van der Waals surface area contributed by atoms with E-state index in [1.165, 1.54) is 84.2 Å². The summed E-state index contributed by atoms with van der Waals surface area (Å²) >= 11 is 0. The van der Waals surface area contributed by atoms with Crippen LogP contribution in [0.2, 0.25) is 0 Å². The summed E-state index contributed by atoms with van der Waals surface area (Å²) < 4.78 is 15.5. The Kier molecular flexibility index (Phi) is 17.1. The molecule has 32 heavy (non-hydrogen) atoms. The number of unbranched alkanes of at least 4 members (excludes halogenated alkanes) is 14. The second-order valence-electron chi connectivity index (χ2n) is 9.13. The van der Waals surface area contributed by atoms with Gasteiger partial charge in [0.1, 0.15) is 31.0 Å². The van der Waals surface area contributed by atoms with Crippen LogP contribution in [-0.4, -0.2) is 65.7 Å². The molecule has 1 saturated heterocycles. The van der Waals surface area contributed by atoms with Crippen LogP contribution >= 0.6 is 0 Å². The molecule has 7 heteroatoms. The van der Waals surface area contributed by atoms with Crippen LogP contribution in [-0.2, 0) is 19.0 Å². The third-order valence-corrected chi connectivity index (χ3v) is 6.29. The lowest BCUT2D eigenvalue weighted by Crippen LogP contribution is -2.59. The minimum Gasteiger partial charge on any atom is -0.463 e. The second kappa shape index (κ2) is 18.7. The van der Waals surface area contributed by atoms with E-state index >= 15 is 0 Å². The van der Waals surface area contributed by atoms with Crippen LogP contribution in [0.4, 0.5) is 0 Å². The zero-order valence-corrected chi connectivity index (χ0v) is 20.4. The summed E-state index contributed by atoms with van der Waals surface area (Å²) in [6, 6.07) is 0. The minimum absolute atomic E-state index is 0.178. The Labute approximate surface area is 194 Å². The van der Waals surface area contributed by atoms with E-state index in [1.54, 1.807) is 0 Å². The summed E-state index contributed by atoms with van der Waals surface area (Å²) in [4.78, 5) is 11.9. The maximum absolute atomic E-state index is 11.9. The Bertz CT molecular complexity index is 458. The topological polar surface area (TPSA) is 105 Å². The van der Waals surface area contributed by atoms with Crippen molar-refractivity contribution in [1.29, 1.82) is 0 Å². The van der Waals surface area contributed by atoms with Crippen molar-refractivity contribution in [2.75, 3.05) is 13.7 Å². The van der Waals surface area contributed by atoms with Crippen LogP contribution in [0.3, 0.4) is 0 Å². The maximum Gasteiger partial charge on any atom is 0.305 e. The summed E-state index contributed by atoms with van der Waals surface area (Å²) in [5.41, 5.74) is 0. The Morgan fingerprint density at radius 1 is 0.719 bits per heavy atom. The van der Waals surface area contributed by atoms with Gasteiger partial charge in [0.15, 0.2) is 6.29 Å². The molecule has 0 bridgehead atoms. The Balaban J connectivity index is 1.92. The molecule has 1 fully saturated rings. The van der Waals surface area contributed by atoms with E-state index in [1.807, 2.05) is 0 Å². The number of carbonyl (C=O) groups is 1. The van der Waals surface area contributed by atoms with Gasteiger partial charge in [-0.1, -0.05) is 96.8 Å². The molecule has 0 aromatic rings. The highest BCUT2D eigenvalue weighted by Crippen LogP contribution is 2.22. The first-order valence-electron chi connectivity index (χ1n) is 12.9. The van der Waals surface area contributed by atoms with Gasteiger partial charge in [-0.3, -0.25) is 4.79 Å². The van der Waals surface area contributed by atoms with Gasteiger partial charge in [0, 0.05) is 13.5 Å². The predicted molar refractivity (Wildman–Crippen MR) is 124 cm³/mol. The highest BCUT2D eigenvalue weighted by atomic mass is 16.7. The lowest BCUT2D eigenvalue weighted by Gasteiger charge is -2.39. The number of ether oxygens (including phenoxy) is 3. The Hall–Kier alpha value is -0.730. The lowest BCUT2D eigenvalue weighted by molar-refractivity contribution is -0.295. The predicted octanol–water partition coefficient (Wildman–Crippen LogP) is 4.25. The fraction of sp³-hybridized carbons (Fsp3) is 0.960. The van der Waals surface area contributed by atoms with Crippen LogP contribution in [0.15, 0.2) is 0 Å². The molecule has 0 amide bonds. The number of carbonyl (C=O) groups excluding carboxylic acids is 1. The molecule has 5 atom stereocenters. The monoisotopic (exact) mass is 460 g/mol. The average molecular weight is 461 g/mol. The van der Waals surface area contributed by atoms with Crippen LogP contribution in [0, 0.1) is 0 Å². The molecular weight excluding hydrogens is 412 g/mol. The van der Waals surface area contributed by atoms with E-state index in [4.69, 9.17) is 14.2 Å². The summed E-state index contributed by atoms with van der Waals surface area (Å²) in [5, 5.41) is 29.5. The van der Waals surface area contributed by atoms with E-state index < -0.39 is 30.7 Å². The molecule has 1 heterocycles. The molecular formula is C25H48O7. The number of hydrogen-bond donors (Lipinski definition) is 3. The third kappa shape index (κ3) is 12.5. The van der Waals surface area contributed by atoms with E-state index in [-0.39, 0.29) is 12.6 Å². The van der Waals surface area contributed by atoms with Gasteiger partial charge < -0.3 is 29.5 Å². The van der Waals surface area contributed by atoms with Crippen molar-refractivity contribution in [3.63, 3.8) is 0 Å². The Morgan fingerprint density at radius 2 is 1.19 bits per heavy atom. The summed E-state index contributed by atoms with van der Waals surface area (Å²) in [6.07, 6.45) is 13.3. The quantitative estimate of drug-likeness (QED) is 0.195. The molecule has 3 N–H and O–H groups in total. The smallest absolute Gasteiger partial charge is 0.305 e. The first kappa shape index (κ1) is 29.3. The molecule has 0 radical (unpaired) electrons. The summed E-state index contributed by atoms with van der Waals surface area (Å²) in [7, 11) is 1.33. The second-order valence-corrected chi connectivity index (χ2v) is 9.13. The van der Waals surface area contributed by atoms with E-state index in [9.17, 15) is 20.1 Å². The van der Waals surface area contributed by atoms with Crippen LogP contribution in [0.5, 0.6) is 0 Å². The number of esters is 1. The van der Waals surface area contributed by atoms with Gasteiger partial charge in [-0.2, -0.15) is 0 Å². The largest absolute Gasteiger partial charge is 0.463 e. The molecule has 190 valence electrons. The SMILES string of the molecule is CCCCCCCCCCCCCCCCCC(=O)OCC1O[C@@H](OC)C(O)[C@@H](O)[C@@H]1O. The number of aliphatic hydroxyl groups is 3. The molecule has 1 aliphatic heterocycles. The molecule has 1 aliphatic rings. The van der Waals surface area contributed by atoms with E-state index in [0.717, 1.165) is 19.3 Å². The Morgan fingerprint density at radius 3 is 1.66 bits per heavy atom. The zero-order valence-electron chi connectivity index (χ0n) is 20.4. The van der Waals surface area contributed by atoms with Gasteiger partial charge in [0.05, 0.1) is 0 Å². The van der Waals surface area contributed by atoms with Gasteiger partial charge in [0.2, 0.25) is 0 Å². The van der Waals surface area contributed by atoms with Crippen molar-refractivity contribution >= 4 is 5.97 Å². The van der Waals surface area contributed by atoms with E-state index in [0.29, 0.717) is 6.42 Å². The molecule has 7 nitrogen and oxygen atoms in total. The van der Waals surface area contributed by atoms with Crippen molar-refractivity contribution in [3.05, 3.63) is 0 Å². The fourth-order valence-electron chi connectivity index (χ4n) is 4.14. The number of hydrogen-bond acceptors (Lipinski definition) is 7. The maximum atomic E-state index is 11.9. The highest BCUT2D eigenvalue weighted by molar-refractivity contribution is 5.69. The fourth-order valence-corrected chi connectivity index (χ4v) is 4.14. The van der Waals surface area contributed by atoms with Crippen molar-refractivity contribution in [2.45, 2.75) is 140 Å². The third-order valence-electron chi connectivity index (χ3n) is 6.29. The molecule has 0 saturated carbocycles. The molecule has 1 rings (SSSR count). The van der Waals surface area contributed by atoms with Crippen molar-refractivity contribution in [3.8, 4) is 0 Å². The van der Waals surface area contributed by atoms with Crippen LogP contribution in [0.1, 0.15) is 110 Å². The number of aliphatic hydroxyl groups excluding tert-OH is 3. The van der Waals surface area contributed by atoms with Gasteiger partial charge in [-0.05, 0) is 6.42 Å². The molecule has 0 aromatic heterocycles. The number of methoxy groups -OCH3 is 1. The standard InChI is InChI=1S/C25H48O7/c1-3-4-5-6-7-8-9-10-11-12-13-14-15-16-17-18-21(26)31-19-20-22(27)23(28)24(29)25(30-2)32-20/h20,22-25,27-29H,3-19H2,1-2H3/t20?,22-,23+,24?,25-/m1/s1. The molecule has 0 spiro atoms. The van der Waals surface area contributed by atoms with Crippen LogP contribution < -0.4 is 0 Å². The van der Waals surface area contributed by atoms with Gasteiger partial charge in [-0.25, -0.2) is 0 Å². The molecule has 2 unspecified atom stereocenters. The van der Waals surface area contributed by atoms with Gasteiger partial charge in [0.25, 0.3) is 0 Å². The normalized spacial score (nSPS) is 25.7. The van der Waals surface area contributed by atoms with Crippen molar-refractivity contribution < 1.29 is 34.3 Å². The van der Waals surface area contributed by atoms with Crippen LogP contribution in [0.25, 0.3) is 0 Å². The molecule has 0 aromatic carbocycles. The number of rotatable bonds is 19. The molecule has 0 aliphatic carbocycles. The zero-order chi connectivity index (χ0) is 23.6. The van der Waals surface area contributed by atoms with Gasteiger partial charge in [-0.15, -0.1) is 0 Å². The first-order valence-corrected chi connectivity index (χ1v) is 12.9. The average Bonchev–Trinajstić information content (AvgIpc) is 2.79. The summed E-state index contributed by atoms with van der Waals surface area (Å²) in [5.74, 6) is -0.343. The first-order chi connectivity index (χ1) is 15.5. The van der Waals surface area contributed by atoms with Crippen molar-refractivity contribution in [1.82, 2.24) is 0 Å². The highest BCUT2D eigenvalue weighted by Gasteiger charge is 2.44.